The summed E-state index contributed by atoms with van der Waals surface area (Å²) in [5.41, 5.74) is 19.9. The van der Waals surface area contributed by atoms with Gasteiger partial charge in [0.15, 0.2) is 0 Å². The summed E-state index contributed by atoms with van der Waals surface area (Å²) in [4.78, 5) is 15.5. The molecule has 0 radical (unpaired) electrons. The van der Waals surface area contributed by atoms with Crippen molar-refractivity contribution in [2.24, 2.45) is 0 Å². The van der Waals surface area contributed by atoms with Crippen LogP contribution in [0.25, 0.3) is 94.4 Å². The molecule has 0 atom stereocenters. The molecule has 0 saturated carbocycles. The van der Waals surface area contributed by atoms with Crippen LogP contribution in [0.4, 0.5) is 34.1 Å². The highest BCUT2D eigenvalue weighted by Gasteiger charge is 2.37. The number of nitrogens with zero attached hydrogens (tertiary/aromatic N) is 5. The van der Waals surface area contributed by atoms with Gasteiger partial charge in [0.1, 0.15) is 0 Å². The number of para-hydroxylation sites is 4. The van der Waals surface area contributed by atoms with Crippen LogP contribution in [0.2, 0.25) is 0 Å². The summed E-state index contributed by atoms with van der Waals surface area (Å²) < 4.78 is 2.23. The number of anilines is 6. The summed E-state index contributed by atoms with van der Waals surface area (Å²) in [5.74, 6) is 0.636. The highest BCUT2D eigenvalue weighted by Crippen LogP contribution is 2.62. The fourth-order valence-corrected chi connectivity index (χ4v) is 10.7. The highest BCUT2D eigenvalue weighted by molar-refractivity contribution is 6.17. The largest absolute Gasteiger partial charge is 0.306 e. The van der Waals surface area contributed by atoms with Crippen molar-refractivity contribution in [1.82, 2.24) is 14.5 Å². The number of benzene rings is 10. The maximum absolute atomic E-state index is 5.28. The molecule has 67 heavy (non-hydrogen) atoms. The first-order valence-corrected chi connectivity index (χ1v) is 22.8. The van der Waals surface area contributed by atoms with Crippen molar-refractivity contribution in [3.05, 3.63) is 237 Å². The summed E-state index contributed by atoms with van der Waals surface area (Å²) in [6.45, 7) is 0. The summed E-state index contributed by atoms with van der Waals surface area (Å²) in [7, 11) is 0. The molecule has 2 aliphatic rings. The zero-order chi connectivity index (χ0) is 44.0. The molecule has 5 heteroatoms. The molecule has 0 amide bonds. The van der Waals surface area contributed by atoms with Crippen LogP contribution in [0.5, 0.6) is 0 Å². The van der Waals surface area contributed by atoms with Gasteiger partial charge in [-0.25, -0.2) is 9.97 Å². The van der Waals surface area contributed by atoms with Crippen LogP contribution in [-0.4, -0.2) is 14.5 Å². The molecule has 14 rings (SSSR count). The molecular formula is C62H39N5. The van der Waals surface area contributed by atoms with Crippen molar-refractivity contribution < 1.29 is 0 Å². The van der Waals surface area contributed by atoms with E-state index in [1.54, 1.807) is 0 Å². The average Bonchev–Trinajstić information content (AvgIpc) is 3.67. The summed E-state index contributed by atoms with van der Waals surface area (Å²) in [6, 6.07) is 85.2. The first-order chi connectivity index (χ1) is 33.2. The number of hydrogen-bond acceptors (Lipinski definition) is 4. The quantitative estimate of drug-likeness (QED) is 0.173. The smallest absolute Gasteiger partial charge is 0.235 e. The Kier molecular flexibility index (Phi) is 8.21. The first kappa shape index (κ1) is 37.3. The summed E-state index contributed by atoms with van der Waals surface area (Å²) >= 11 is 0. The monoisotopic (exact) mass is 853 g/mol. The zero-order valence-corrected chi connectivity index (χ0v) is 36.3. The second kappa shape index (κ2) is 14.7. The highest BCUT2D eigenvalue weighted by atomic mass is 15.3. The minimum atomic E-state index is 0.636. The second-order valence-corrected chi connectivity index (χ2v) is 17.4. The van der Waals surface area contributed by atoms with Gasteiger partial charge in [-0.05, 0) is 93.7 Å². The molecule has 0 saturated heterocycles. The molecule has 12 aromatic rings. The van der Waals surface area contributed by atoms with Crippen molar-refractivity contribution in [3.8, 4) is 61.8 Å². The van der Waals surface area contributed by atoms with Gasteiger partial charge >= 0.3 is 0 Å². The van der Waals surface area contributed by atoms with Crippen LogP contribution in [0.3, 0.4) is 0 Å². The molecule has 4 heterocycles. The van der Waals surface area contributed by atoms with E-state index in [0.29, 0.717) is 5.95 Å². The molecule has 0 aliphatic carbocycles. The van der Waals surface area contributed by atoms with Crippen molar-refractivity contribution in [2.45, 2.75) is 0 Å². The standard InChI is InChI=1S/C62H39N5/c1-4-18-41(19-5-1)52-39-53(42-20-6-2-7-21-42)64-62(63-52)67-54-28-14-12-25-47(54)51-37-43(32-35-56(51)67)44-33-36-57-59(38-44)66-55-29-15-13-26-50(55)60-46-24-11-10-17-40(46)31-34-48(60)49-27-16-30-58(61(49)66)65(57)45-22-8-3-9-23-45/h1-39H. The second-order valence-electron chi connectivity index (χ2n) is 17.4. The van der Waals surface area contributed by atoms with Crippen molar-refractivity contribution in [2.75, 3.05) is 9.80 Å². The average molecular weight is 854 g/mol. The predicted octanol–water partition coefficient (Wildman–Crippen LogP) is 16.6. The SMILES string of the molecule is c1ccc(-c2cc(-c3ccccc3)nc(-n3c4ccccc4c4cc(-c5ccc6c(c5)N5c7ccccc7-c7c(ccc8ccccc78)-c7cccc(c75)N6c5ccccc5)ccc43)n2)cc1. The molecule has 0 N–H and O–H groups in total. The van der Waals surface area contributed by atoms with Gasteiger partial charge in [0.2, 0.25) is 5.95 Å². The van der Waals surface area contributed by atoms with Gasteiger partial charge < -0.3 is 9.80 Å². The van der Waals surface area contributed by atoms with Gasteiger partial charge in [-0.15, -0.1) is 0 Å². The fraction of sp³-hybridized carbons (Fsp3) is 0. The molecule has 0 unspecified atom stereocenters. The molecule has 5 nitrogen and oxygen atoms in total. The fourth-order valence-electron chi connectivity index (χ4n) is 10.7. The van der Waals surface area contributed by atoms with Crippen LogP contribution in [0.1, 0.15) is 0 Å². The Morgan fingerprint density at radius 3 is 1.72 bits per heavy atom. The minimum Gasteiger partial charge on any atom is -0.306 e. The normalized spacial score (nSPS) is 12.4. The van der Waals surface area contributed by atoms with E-state index in [4.69, 9.17) is 9.97 Å². The first-order valence-electron chi connectivity index (χ1n) is 22.8. The van der Waals surface area contributed by atoms with Crippen LogP contribution in [0, 0.1) is 0 Å². The van der Waals surface area contributed by atoms with E-state index in [9.17, 15) is 0 Å². The van der Waals surface area contributed by atoms with E-state index in [1.807, 2.05) is 12.1 Å². The molecule has 10 aromatic carbocycles. The van der Waals surface area contributed by atoms with Gasteiger partial charge in [0.05, 0.1) is 50.9 Å². The Bertz CT molecular complexity index is 3870. The van der Waals surface area contributed by atoms with Crippen LogP contribution in [-0.2, 0) is 0 Å². The van der Waals surface area contributed by atoms with Gasteiger partial charge in [-0.3, -0.25) is 4.57 Å². The van der Waals surface area contributed by atoms with Crippen LogP contribution in [0.15, 0.2) is 237 Å². The lowest BCUT2D eigenvalue weighted by Gasteiger charge is -2.41. The lowest BCUT2D eigenvalue weighted by molar-refractivity contribution is 0.995. The van der Waals surface area contributed by atoms with Gasteiger partial charge in [0, 0.05) is 38.7 Å². The third-order valence-corrected chi connectivity index (χ3v) is 13.6. The Hall–Kier alpha value is -9.06. The predicted molar refractivity (Wildman–Crippen MR) is 278 cm³/mol. The number of hydrogen-bond donors (Lipinski definition) is 0. The van der Waals surface area contributed by atoms with Crippen molar-refractivity contribution in [1.29, 1.82) is 0 Å². The molecule has 312 valence electrons. The molecule has 0 fully saturated rings. The lowest BCUT2D eigenvalue weighted by atomic mass is 9.89. The van der Waals surface area contributed by atoms with Crippen LogP contribution >= 0.6 is 0 Å². The van der Waals surface area contributed by atoms with Gasteiger partial charge in [-0.1, -0.05) is 176 Å². The number of fused-ring (bicyclic) bond motifs is 12. The molecule has 0 bridgehead atoms. The maximum Gasteiger partial charge on any atom is 0.235 e. The van der Waals surface area contributed by atoms with E-state index in [1.165, 1.54) is 38.7 Å². The lowest BCUT2D eigenvalue weighted by Crippen LogP contribution is -2.24. The Balaban J connectivity index is 0.989. The van der Waals surface area contributed by atoms with E-state index < -0.39 is 0 Å². The summed E-state index contributed by atoms with van der Waals surface area (Å²) in [5, 5.41) is 4.77. The topological polar surface area (TPSA) is 37.2 Å². The number of aromatic nitrogens is 3. The van der Waals surface area contributed by atoms with Gasteiger partial charge in [-0.2, -0.15) is 0 Å². The van der Waals surface area contributed by atoms with Crippen LogP contribution < -0.4 is 9.80 Å². The van der Waals surface area contributed by atoms with E-state index in [0.717, 1.165) is 83.9 Å². The molecule has 2 aliphatic heterocycles. The zero-order valence-electron chi connectivity index (χ0n) is 36.3. The molecule has 2 aromatic heterocycles. The van der Waals surface area contributed by atoms with E-state index in [-0.39, 0.29) is 0 Å². The minimum absolute atomic E-state index is 0.636. The Morgan fingerprint density at radius 1 is 0.313 bits per heavy atom. The summed E-state index contributed by atoms with van der Waals surface area (Å²) in [6.07, 6.45) is 0. The van der Waals surface area contributed by atoms with E-state index in [2.05, 4.69) is 239 Å². The van der Waals surface area contributed by atoms with E-state index >= 15 is 0 Å². The number of rotatable bonds is 5. The van der Waals surface area contributed by atoms with Gasteiger partial charge in [0.25, 0.3) is 0 Å². The third-order valence-electron chi connectivity index (χ3n) is 13.6. The Labute approximate surface area is 387 Å². The Morgan fingerprint density at radius 2 is 0.925 bits per heavy atom. The maximum atomic E-state index is 5.28. The molecular weight excluding hydrogens is 815 g/mol. The van der Waals surface area contributed by atoms with Crippen molar-refractivity contribution >= 4 is 66.7 Å². The van der Waals surface area contributed by atoms with Crippen molar-refractivity contribution in [3.63, 3.8) is 0 Å². The molecule has 0 spiro atoms. The third kappa shape index (κ3) is 5.75.